The second-order valence-electron chi connectivity index (χ2n) is 6.61. The normalized spacial score (nSPS) is 17.0. The molecule has 0 N–H and O–H groups in total. The molecule has 0 aromatic heterocycles. The third-order valence-electron chi connectivity index (χ3n) is 4.49. The molecular weight excluding hydrogens is 274 g/mol. The third kappa shape index (κ3) is 3.61. The smallest absolute Gasteiger partial charge is 0.195 e. The topological polar surface area (TPSA) is 28.1 Å². The van der Waals surface area contributed by atoms with Crippen molar-refractivity contribution in [3.8, 4) is 0 Å². The molecule has 0 amide bonds. The molecule has 122 valence electrons. The maximum absolute atomic E-state index is 5.62. The lowest BCUT2D eigenvalue weighted by Gasteiger charge is -2.38. The SMILES string of the molecule is Cc1ccccc1C1(CN=C(N(C)C)N(C)C)CCOCC1. The van der Waals surface area contributed by atoms with E-state index in [-0.39, 0.29) is 5.41 Å². The standard InChI is InChI=1S/C18H29N3O/c1-15-8-6-7-9-16(15)18(10-12-22-13-11-18)14-19-17(20(2)3)21(4)5/h6-9H,10-14H2,1-5H3. The van der Waals surface area contributed by atoms with Gasteiger partial charge in [-0.05, 0) is 30.9 Å². The highest BCUT2D eigenvalue weighted by Crippen LogP contribution is 2.37. The summed E-state index contributed by atoms with van der Waals surface area (Å²) in [7, 11) is 8.18. The van der Waals surface area contributed by atoms with Crippen LogP contribution in [0.15, 0.2) is 29.3 Å². The zero-order chi connectivity index (χ0) is 16.2. The van der Waals surface area contributed by atoms with Crippen molar-refractivity contribution < 1.29 is 4.74 Å². The van der Waals surface area contributed by atoms with Gasteiger partial charge >= 0.3 is 0 Å². The second-order valence-corrected chi connectivity index (χ2v) is 6.61. The van der Waals surface area contributed by atoms with Crippen LogP contribution in [0, 0.1) is 6.92 Å². The summed E-state index contributed by atoms with van der Waals surface area (Å²) < 4.78 is 5.62. The van der Waals surface area contributed by atoms with Crippen LogP contribution in [0.4, 0.5) is 0 Å². The van der Waals surface area contributed by atoms with E-state index in [0.29, 0.717) is 0 Å². The minimum Gasteiger partial charge on any atom is -0.381 e. The van der Waals surface area contributed by atoms with Crippen LogP contribution in [-0.4, -0.2) is 63.7 Å². The Balaban J connectivity index is 2.35. The number of ether oxygens (including phenoxy) is 1. The van der Waals surface area contributed by atoms with Crippen molar-refractivity contribution in [3.05, 3.63) is 35.4 Å². The molecule has 1 aromatic rings. The predicted octanol–water partition coefficient (Wildman–Crippen LogP) is 2.52. The van der Waals surface area contributed by atoms with Crippen LogP contribution in [0.5, 0.6) is 0 Å². The van der Waals surface area contributed by atoms with Gasteiger partial charge in [0.25, 0.3) is 0 Å². The van der Waals surface area contributed by atoms with Crippen LogP contribution in [0.1, 0.15) is 24.0 Å². The number of hydrogen-bond acceptors (Lipinski definition) is 2. The number of aryl methyl sites for hydroxylation is 1. The minimum absolute atomic E-state index is 0.0981. The van der Waals surface area contributed by atoms with Crippen molar-refractivity contribution in [3.63, 3.8) is 0 Å². The molecule has 4 nitrogen and oxygen atoms in total. The van der Waals surface area contributed by atoms with Gasteiger partial charge in [-0.2, -0.15) is 0 Å². The average Bonchev–Trinajstić information content (AvgIpc) is 2.48. The number of nitrogens with zero attached hydrogens (tertiary/aromatic N) is 3. The molecule has 0 aliphatic carbocycles. The van der Waals surface area contributed by atoms with Gasteiger partial charge in [0.05, 0.1) is 6.54 Å². The van der Waals surface area contributed by atoms with Crippen LogP contribution in [0.3, 0.4) is 0 Å². The number of hydrogen-bond donors (Lipinski definition) is 0. The number of guanidine groups is 1. The number of aliphatic imine (C=N–C) groups is 1. The summed E-state index contributed by atoms with van der Waals surface area (Å²) in [5.41, 5.74) is 2.88. The van der Waals surface area contributed by atoms with E-state index in [1.807, 2.05) is 28.2 Å². The Morgan fingerprint density at radius 3 is 2.23 bits per heavy atom. The molecule has 0 bridgehead atoms. The van der Waals surface area contributed by atoms with E-state index in [4.69, 9.17) is 9.73 Å². The summed E-state index contributed by atoms with van der Waals surface area (Å²) >= 11 is 0. The fraction of sp³-hybridized carbons (Fsp3) is 0.611. The summed E-state index contributed by atoms with van der Waals surface area (Å²) in [5, 5.41) is 0. The molecule has 4 heteroatoms. The van der Waals surface area contributed by atoms with Gasteiger partial charge in [-0.25, -0.2) is 0 Å². The molecule has 22 heavy (non-hydrogen) atoms. The second kappa shape index (κ2) is 7.14. The van der Waals surface area contributed by atoms with Gasteiger partial charge < -0.3 is 14.5 Å². The van der Waals surface area contributed by atoms with Crippen LogP contribution in [0.25, 0.3) is 0 Å². The van der Waals surface area contributed by atoms with E-state index in [1.54, 1.807) is 0 Å². The Morgan fingerprint density at radius 1 is 1.09 bits per heavy atom. The average molecular weight is 303 g/mol. The fourth-order valence-electron chi connectivity index (χ4n) is 3.35. The van der Waals surface area contributed by atoms with Gasteiger partial charge in [-0.1, -0.05) is 24.3 Å². The van der Waals surface area contributed by atoms with E-state index in [1.165, 1.54) is 11.1 Å². The van der Waals surface area contributed by atoms with Gasteiger partial charge in [0.15, 0.2) is 5.96 Å². The largest absolute Gasteiger partial charge is 0.381 e. The first-order valence-electron chi connectivity index (χ1n) is 7.99. The van der Waals surface area contributed by atoms with Crippen molar-refractivity contribution in [2.45, 2.75) is 25.2 Å². The van der Waals surface area contributed by atoms with E-state index in [2.05, 4.69) is 41.0 Å². The summed E-state index contributed by atoms with van der Waals surface area (Å²) in [6.45, 7) is 4.66. The Kier molecular flexibility index (Phi) is 5.46. The van der Waals surface area contributed by atoms with Gasteiger partial charge in [-0.15, -0.1) is 0 Å². The highest BCUT2D eigenvalue weighted by Gasteiger charge is 2.35. The highest BCUT2D eigenvalue weighted by molar-refractivity contribution is 5.79. The molecule has 0 unspecified atom stereocenters. The van der Waals surface area contributed by atoms with E-state index >= 15 is 0 Å². The summed E-state index contributed by atoms with van der Waals surface area (Å²) in [4.78, 5) is 9.10. The lowest BCUT2D eigenvalue weighted by atomic mass is 9.72. The molecule has 1 heterocycles. The molecule has 1 saturated heterocycles. The molecule has 1 fully saturated rings. The molecular formula is C18H29N3O. The van der Waals surface area contributed by atoms with Crippen molar-refractivity contribution in [1.29, 1.82) is 0 Å². The molecule has 0 atom stereocenters. The first-order valence-corrected chi connectivity index (χ1v) is 7.99. The summed E-state index contributed by atoms with van der Waals surface area (Å²) in [5.74, 6) is 1.01. The lowest BCUT2D eigenvalue weighted by Crippen LogP contribution is -2.40. The van der Waals surface area contributed by atoms with Crippen molar-refractivity contribution in [2.24, 2.45) is 4.99 Å². The third-order valence-corrected chi connectivity index (χ3v) is 4.49. The lowest BCUT2D eigenvalue weighted by molar-refractivity contribution is 0.0528. The van der Waals surface area contributed by atoms with Gasteiger partial charge in [0, 0.05) is 46.8 Å². The molecule has 0 radical (unpaired) electrons. The van der Waals surface area contributed by atoms with Gasteiger partial charge in [-0.3, -0.25) is 4.99 Å². The Morgan fingerprint density at radius 2 is 1.68 bits per heavy atom. The van der Waals surface area contributed by atoms with Crippen LogP contribution in [-0.2, 0) is 10.2 Å². The molecule has 1 aliphatic heterocycles. The van der Waals surface area contributed by atoms with Gasteiger partial charge in [0.1, 0.15) is 0 Å². The molecule has 2 rings (SSSR count). The number of rotatable bonds is 3. The molecule has 1 aromatic carbocycles. The minimum atomic E-state index is 0.0981. The van der Waals surface area contributed by atoms with Crippen molar-refractivity contribution in [2.75, 3.05) is 47.9 Å². The quantitative estimate of drug-likeness (QED) is 0.634. The maximum Gasteiger partial charge on any atom is 0.195 e. The van der Waals surface area contributed by atoms with Crippen molar-refractivity contribution >= 4 is 5.96 Å². The number of benzene rings is 1. The van der Waals surface area contributed by atoms with E-state index in [0.717, 1.165) is 38.6 Å². The van der Waals surface area contributed by atoms with Crippen LogP contribution >= 0.6 is 0 Å². The Bertz CT molecular complexity index is 507. The Hall–Kier alpha value is -1.55. The van der Waals surface area contributed by atoms with Crippen LogP contribution < -0.4 is 0 Å². The van der Waals surface area contributed by atoms with E-state index in [9.17, 15) is 0 Å². The Labute approximate surface area is 134 Å². The summed E-state index contributed by atoms with van der Waals surface area (Å²) in [6, 6.07) is 8.72. The highest BCUT2D eigenvalue weighted by atomic mass is 16.5. The fourth-order valence-corrected chi connectivity index (χ4v) is 3.35. The molecule has 1 aliphatic rings. The summed E-state index contributed by atoms with van der Waals surface area (Å²) in [6.07, 6.45) is 2.07. The molecule has 0 saturated carbocycles. The maximum atomic E-state index is 5.62. The predicted molar refractivity (Wildman–Crippen MR) is 92.6 cm³/mol. The monoisotopic (exact) mass is 303 g/mol. The molecule has 0 spiro atoms. The van der Waals surface area contributed by atoms with Crippen LogP contribution in [0.2, 0.25) is 0 Å². The zero-order valence-electron chi connectivity index (χ0n) is 14.6. The van der Waals surface area contributed by atoms with Gasteiger partial charge in [0.2, 0.25) is 0 Å². The van der Waals surface area contributed by atoms with Crippen molar-refractivity contribution in [1.82, 2.24) is 9.80 Å². The first kappa shape index (κ1) is 16.8. The van der Waals surface area contributed by atoms with E-state index < -0.39 is 0 Å². The zero-order valence-corrected chi connectivity index (χ0v) is 14.6. The first-order chi connectivity index (χ1) is 10.5.